The number of hydrogen-bond donors (Lipinski definition) is 1. The number of imidazole rings is 1. The number of carbonyl (C=O) groups is 1. The number of aryl methyl sites for hydroxylation is 1. The standard InChI is InChI=1S/C21H22FN3O/c1-25-11-10-23-19(25)18(13-2-5-15(22)6-3-13)24-20(26)16-12-14-4-7-17(16)21(14)8-9-21/h2-7,10-11,14,16-18H,8-9,12H2,1H3,(H,24,26)/t14-,16-,17-,18-/m1/s1. The molecular formula is C21H22FN3O. The van der Waals surface area contributed by atoms with Crippen molar-refractivity contribution >= 4 is 5.91 Å². The Bertz CT molecular complexity index is 881. The fourth-order valence-corrected chi connectivity index (χ4v) is 5.13. The molecule has 1 aromatic heterocycles. The first-order valence-corrected chi connectivity index (χ1v) is 9.30. The van der Waals surface area contributed by atoms with Crippen molar-refractivity contribution in [3.05, 3.63) is 66.0 Å². The van der Waals surface area contributed by atoms with Gasteiger partial charge in [0.15, 0.2) is 0 Å². The minimum absolute atomic E-state index is 0.0377. The summed E-state index contributed by atoms with van der Waals surface area (Å²) in [5.74, 6) is 1.54. The van der Waals surface area contributed by atoms with E-state index in [4.69, 9.17) is 0 Å². The molecule has 2 aromatic rings. The molecular weight excluding hydrogens is 329 g/mol. The largest absolute Gasteiger partial charge is 0.342 e. The van der Waals surface area contributed by atoms with Gasteiger partial charge in [-0.15, -0.1) is 0 Å². The van der Waals surface area contributed by atoms with Crippen LogP contribution in [0, 0.1) is 29.0 Å². The minimum atomic E-state index is -0.374. The zero-order chi connectivity index (χ0) is 17.9. The van der Waals surface area contributed by atoms with Crippen molar-refractivity contribution in [2.45, 2.75) is 25.3 Å². The lowest BCUT2D eigenvalue weighted by Crippen LogP contribution is -2.37. The Morgan fingerprint density at radius 1 is 1.31 bits per heavy atom. The smallest absolute Gasteiger partial charge is 0.224 e. The van der Waals surface area contributed by atoms with E-state index < -0.39 is 0 Å². The number of hydrogen-bond acceptors (Lipinski definition) is 2. The Labute approximate surface area is 152 Å². The first-order chi connectivity index (χ1) is 12.6. The third-order valence-corrected chi connectivity index (χ3v) is 6.67. The Hall–Kier alpha value is -2.43. The molecule has 26 heavy (non-hydrogen) atoms. The van der Waals surface area contributed by atoms with Crippen molar-refractivity contribution in [2.75, 3.05) is 0 Å². The third kappa shape index (κ3) is 2.26. The van der Waals surface area contributed by atoms with E-state index in [1.165, 1.54) is 25.0 Å². The normalized spacial score (nSPS) is 28.5. The summed E-state index contributed by atoms with van der Waals surface area (Å²) in [5, 5.41) is 3.21. The van der Waals surface area contributed by atoms with Crippen molar-refractivity contribution < 1.29 is 9.18 Å². The van der Waals surface area contributed by atoms with Gasteiger partial charge in [0.2, 0.25) is 5.91 Å². The van der Waals surface area contributed by atoms with Crippen molar-refractivity contribution in [2.24, 2.45) is 30.2 Å². The number of nitrogens with one attached hydrogen (secondary N) is 1. The zero-order valence-corrected chi connectivity index (χ0v) is 14.7. The second-order valence-corrected chi connectivity index (χ2v) is 7.98. The van der Waals surface area contributed by atoms with Crippen LogP contribution in [0.25, 0.3) is 0 Å². The molecule has 0 radical (unpaired) electrons. The van der Waals surface area contributed by atoms with Crippen LogP contribution in [0.4, 0.5) is 4.39 Å². The van der Waals surface area contributed by atoms with E-state index in [-0.39, 0.29) is 23.7 Å². The average molecular weight is 351 g/mol. The fraction of sp³-hybridized carbons (Fsp3) is 0.429. The van der Waals surface area contributed by atoms with Gasteiger partial charge in [-0.2, -0.15) is 0 Å². The quantitative estimate of drug-likeness (QED) is 0.859. The first-order valence-electron chi connectivity index (χ1n) is 9.30. The second kappa shape index (κ2) is 5.53. The summed E-state index contributed by atoms with van der Waals surface area (Å²) in [6.45, 7) is 0. The van der Waals surface area contributed by atoms with Crippen LogP contribution in [0.2, 0.25) is 0 Å². The minimum Gasteiger partial charge on any atom is -0.342 e. The summed E-state index contributed by atoms with van der Waals surface area (Å²) < 4.78 is 15.3. The Morgan fingerprint density at radius 3 is 2.69 bits per heavy atom. The maximum absolute atomic E-state index is 13.4. The highest BCUT2D eigenvalue weighted by molar-refractivity contribution is 5.81. The second-order valence-electron chi connectivity index (χ2n) is 7.98. The number of allylic oxidation sites excluding steroid dienone is 2. The van der Waals surface area contributed by atoms with Gasteiger partial charge in [-0.25, -0.2) is 9.37 Å². The molecule has 5 rings (SSSR count). The number of nitrogens with zero attached hydrogens (tertiary/aromatic N) is 2. The van der Waals surface area contributed by atoms with Crippen molar-refractivity contribution in [1.82, 2.24) is 14.9 Å². The van der Waals surface area contributed by atoms with Crippen LogP contribution in [0.3, 0.4) is 0 Å². The van der Waals surface area contributed by atoms with Crippen LogP contribution in [-0.2, 0) is 11.8 Å². The molecule has 1 amide bonds. The van der Waals surface area contributed by atoms with E-state index in [0.717, 1.165) is 17.8 Å². The molecule has 1 spiro atoms. The van der Waals surface area contributed by atoms with Crippen LogP contribution >= 0.6 is 0 Å². The molecule has 2 saturated carbocycles. The molecule has 3 aliphatic rings. The molecule has 5 heteroatoms. The Morgan fingerprint density at radius 2 is 2.08 bits per heavy atom. The topological polar surface area (TPSA) is 46.9 Å². The summed E-state index contributed by atoms with van der Waals surface area (Å²) in [7, 11) is 1.91. The van der Waals surface area contributed by atoms with E-state index in [9.17, 15) is 9.18 Å². The molecule has 2 fully saturated rings. The molecule has 4 nitrogen and oxygen atoms in total. The first kappa shape index (κ1) is 15.8. The molecule has 0 aliphatic heterocycles. The van der Waals surface area contributed by atoms with Crippen LogP contribution in [0.5, 0.6) is 0 Å². The highest BCUT2D eigenvalue weighted by Crippen LogP contribution is 2.70. The third-order valence-electron chi connectivity index (χ3n) is 6.67. The molecule has 1 N–H and O–H groups in total. The predicted molar refractivity (Wildman–Crippen MR) is 95.5 cm³/mol. The maximum atomic E-state index is 13.4. The van der Waals surface area contributed by atoms with E-state index in [0.29, 0.717) is 17.3 Å². The predicted octanol–water partition coefficient (Wildman–Crippen LogP) is 3.37. The molecule has 0 saturated heterocycles. The lowest BCUT2D eigenvalue weighted by molar-refractivity contribution is -0.126. The Kier molecular flexibility index (Phi) is 3.36. The van der Waals surface area contributed by atoms with Crippen LogP contribution in [0.15, 0.2) is 48.8 Å². The molecule has 1 heterocycles. The number of rotatable bonds is 4. The van der Waals surface area contributed by atoms with Gasteiger partial charge in [0, 0.05) is 25.4 Å². The van der Waals surface area contributed by atoms with Crippen molar-refractivity contribution in [1.29, 1.82) is 0 Å². The van der Waals surface area contributed by atoms with Gasteiger partial charge in [0.1, 0.15) is 17.7 Å². The molecule has 1 aromatic carbocycles. The Balaban J connectivity index is 1.43. The summed E-state index contributed by atoms with van der Waals surface area (Å²) in [6.07, 6.45) is 11.6. The number of aromatic nitrogens is 2. The molecule has 2 bridgehead atoms. The summed E-state index contributed by atoms with van der Waals surface area (Å²) in [4.78, 5) is 17.6. The monoisotopic (exact) mass is 351 g/mol. The van der Waals surface area contributed by atoms with E-state index in [1.54, 1.807) is 18.3 Å². The van der Waals surface area contributed by atoms with E-state index >= 15 is 0 Å². The number of amides is 1. The lowest BCUT2D eigenvalue weighted by atomic mass is 9.88. The van der Waals surface area contributed by atoms with Gasteiger partial charge in [0.25, 0.3) is 0 Å². The van der Waals surface area contributed by atoms with Gasteiger partial charge in [0.05, 0.1) is 0 Å². The number of carbonyl (C=O) groups excluding carboxylic acids is 1. The van der Waals surface area contributed by atoms with Gasteiger partial charge in [-0.1, -0.05) is 24.3 Å². The number of benzene rings is 1. The van der Waals surface area contributed by atoms with Gasteiger partial charge >= 0.3 is 0 Å². The van der Waals surface area contributed by atoms with Crippen LogP contribution < -0.4 is 5.32 Å². The fourth-order valence-electron chi connectivity index (χ4n) is 5.13. The van der Waals surface area contributed by atoms with Crippen molar-refractivity contribution in [3.8, 4) is 0 Å². The van der Waals surface area contributed by atoms with Gasteiger partial charge < -0.3 is 9.88 Å². The maximum Gasteiger partial charge on any atom is 0.224 e. The highest BCUT2D eigenvalue weighted by atomic mass is 19.1. The highest BCUT2D eigenvalue weighted by Gasteiger charge is 2.64. The summed E-state index contributed by atoms with van der Waals surface area (Å²) in [6, 6.07) is 5.92. The van der Waals surface area contributed by atoms with Crippen molar-refractivity contribution in [3.63, 3.8) is 0 Å². The van der Waals surface area contributed by atoms with Crippen LogP contribution in [-0.4, -0.2) is 15.5 Å². The summed E-state index contributed by atoms with van der Waals surface area (Å²) in [5.41, 5.74) is 1.23. The zero-order valence-electron chi connectivity index (χ0n) is 14.7. The van der Waals surface area contributed by atoms with Gasteiger partial charge in [-0.3, -0.25) is 4.79 Å². The SMILES string of the molecule is Cn1ccnc1[C@H](NC(=O)[C@@H]1C[C@H]2C=C[C@H]1C21CC1)c1ccc(F)cc1. The lowest BCUT2D eigenvalue weighted by Gasteiger charge is -2.24. The molecule has 3 aliphatic carbocycles. The summed E-state index contributed by atoms with van der Waals surface area (Å²) >= 11 is 0. The van der Waals surface area contributed by atoms with Crippen LogP contribution in [0.1, 0.15) is 36.7 Å². The molecule has 0 unspecified atom stereocenters. The van der Waals surface area contributed by atoms with E-state index in [2.05, 4.69) is 22.5 Å². The average Bonchev–Trinajstić information content (AvgIpc) is 3.11. The molecule has 4 atom stereocenters. The number of halogens is 1. The molecule has 134 valence electrons. The van der Waals surface area contributed by atoms with E-state index in [1.807, 2.05) is 17.8 Å². The van der Waals surface area contributed by atoms with Gasteiger partial charge in [-0.05, 0) is 54.2 Å².